The maximum atomic E-state index is 12.7. The number of carbonyl (C=O) groups is 2. The summed E-state index contributed by atoms with van der Waals surface area (Å²) in [5.74, 6) is -1.10. The standard InChI is InChI=1S/C34H65O13P/c1-3-5-7-9-11-13-15-17-19-21-23-28(36)46-26(24-44-27(35)22-20-18-16-14-12-10-8-6-4-2)25-45-48(42,43)47-34-32(40)30(38)29(37)31(39)33(34)41/h26,29-34,37-41H,3-25H2,1-2H3,(H,42,43)/t26-,29?,30-,31?,32?,33?,34?/m1/s1. The van der Waals surface area contributed by atoms with Crippen LogP contribution in [0.2, 0.25) is 0 Å². The molecule has 284 valence electrons. The van der Waals surface area contributed by atoms with Crippen LogP contribution in [-0.4, -0.2) is 98.3 Å². The van der Waals surface area contributed by atoms with Crippen molar-refractivity contribution in [3.8, 4) is 0 Å². The normalized spacial score (nSPS) is 24.6. The summed E-state index contributed by atoms with van der Waals surface area (Å²) in [6.45, 7) is 3.21. The molecule has 6 N–H and O–H groups in total. The smallest absolute Gasteiger partial charge is 0.462 e. The van der Waals surface area contributed by atoms with Crippen molar-refractivity contribution in [1.29, 1.82) is 0 Å². The largest absolute Gasteiger partial charge is 0.472 e. The highest BCUT2D eigenvalue weighted by Gasteiger charge is 2.51. The van der Waals surface area contributed by atoms with Crippen LogP contribution in [0.3, 0.4) is 0 Å². The number of aliphatic hydroxyl groups excluding tert-OH is 5. The molecule has 1 fully saturated rings. The lowest BCUT2D eigenvalue weighted by atomic mass is 9.85. The third-order valence-corrected chi connectivity index (χ3v) is 9.68. The minimum atomic E-state index is -5.09. The van der Waals surface area contributed by atoms with E-state index < -0.39 is 75.7 Å². The van der Waals surface area contributed by atoms with Crippen LogP contribution in [0.25, 0.3) is 0 Å². The third kappa shape index (κ3) is 19.9. The Labute approximate surface area is 287 Å². The third-order valence-electron chi connectivity index (χ3n) is 8.70. The van der Waals surface area contributed by atoms with Crippen LogP contribution in [-0.2, 0) is 32.7 Å². The Morgan fingerprint density at radius 1 is 0.562 bits per heavy atom. The molecule has 0 aromatic carbocycles. The van der Waals surface area contributed by atoms with Gasteiger partial charge in [0, 0.05) is 12.8 Å². The summed E-state index contributed by atoms with van der Waals surface area (Å²) in [6, 6.07) is 0. The molecular formula is C34H65O13P. The number of aliphatic hydroxyl groups is 5. The van der Waals surface area contributed by atoms with Gasteiger partial charge in [-0.2, -0.15) is 0 Å². The van der Waals surface area contributed by atoms with E-state index in [1.165, 1.54) is 64.2 Å². The maximum Gasteiger partial charge on any atom is 0.472 e. The Hall–Kier alpha value is -1.15. The summed E-state index contributed by atoms with van der Waals surface area (Å²) in [7, 11) is -5.09. The fourth-order valence-electron chi connectivity index (χ4n) is 5.64. The highest BCUT2D eigenvalue weighted by molar-refractivity contribution is 7.47. The highest BCUT2D eigenvalue weighted by atomic mass is 31.2. The first-order valence-corrected chi connectivity index (χ1v) is 19.8. The lowest BCUT2D eigenvalue weighted by Crippen LogP contribution is -2.64. The Kier molecular flexibility index (Phi) is 24.9. The van der Waals surface area contributed by atoms with Gasteiger partial charge in [0.15, 0.2) is 6.10 Å². The minimum absolute atomic E-state index is 0.102. The summed E-state index contributed by atoms with van der Waals surface area (Å²) >= 11 is 0. The van der Waals surface area contributed by atoms with E-state index in [1.807, 2.05) is 0 Å². The van der Waals surface area contributed by atoms with Gasteiger partial charge >= 0.3 is 19.8 Å². The maximum absolute atomic E-state index is 12.7. The molecule has 0 spiro atoms. The molecule has 0 radical (unpaired) electrons. The number of esters is 2. The van der Waals surface area contributed by atoms with Gasteiger partial charge < -0.3 is 39.9 Å². The van der Waals surface area contributed by atoms with Crippen molar-refractivity contribution >= 4 is 19.8 Å². The molecule has 14 heteroatoms. The van der Waals surface area contributed by atoms with Crippen LogP contribution >= 0.6 is 7.82 Å². The van der Waals surface area contributed by atoms with Crippen LogP contribution < -0.4 is 0 Å². The van der Waals surface area contributed by atoms with Gasteiger partial charge in [0.05, 0.1) is 6.61 Å². The number of unbranched alkanes of at least 4 members (excludes halogenated alkanes) is 17. The second kappa shape index (κ2) is 26.6. The lowest BCUT2D eigenvalue weighted by molar-refractivity contribution is -0.220. The molecule has 8 atom stereocenters. The van der Waals surface area contributed by atoms with Gasteiger partial charge in [0.1, 0.15) is 43.2 Å². The van der Waals surface area contributed by atoms with Gasteiger partial charge in [0.2, 0.25) is 0 Å². The zero-order chi connectivity index (χ0) is 35.8. The molecular weight excluding hydrogens is 647 g/mol. The fraction of sp³-hybridized carbons (Fsp3) is 0.941. The van der Waals surface area contributed by atoms with Crippen molar-refractivity contribution in [2.75, 3.05) is 13.2 Å². The molecule has 1 aliphatic rings. The summed E-state index contributed by atoms with van der Waals surface area (Å²) in [6.07, 6.45) is 7.77. The van der Waals surface area contributed by atoms with Crippen molar-refractivity contribution in [2.24, 2.45) is 0 Å². The van der Waals surface area contributed by atoms with Crippen LogP contribution in [0.5, 0.6) is 0 Å². The molecule has 0 bridgehead atoms. The van der Waals surface area contributed by atoms with E-state index >= 15 is 0 Å². The SMILES string of the molecule is CCCCCCCCCCCCC(=O)O[C@H](COC(=O)CCCCCCCCCCC)COP(=O)(O)OC1C(O)C(O)C(O)[C@@H](O)C1O. The van der Waals surface area contributed by atoms with Gasteiger partial charge in [0.25, 0.3) is 0 Å². The molecule has 48 heavy (non-hydrogen) atoms. The van der Waals surface area contributed by atoms with E-state index in [0.29, 0.717) is 12.8 Å². The molecule has 1 aliphatic carbocycles. The molecule has 0 heterocycles. The Bertz CT molecular complexity index is 875. The summed E-state index contributed by atoms with van der Waals surface area (Å²) in [4.78, 5) is 35.2. The quantitative estimate of drug-likeness (QED) is 0.0343. The molecule has 1 saturated carbocycles. The van der Waals surface area contributed by atoms with Crippen LogP contribution in [0.4, 0.5) is 0 Å². The highest BCUT2D eigenvalue weighted by Crippen LogP contribution is 2.47. The predicted molar refractivity (Wildman–Crippen MR) is 180 cm³/mol. The second-order valence-electron chi connectivity index (χ2n) is 13.1. The summed E-state index contributed by atoms with van der Waals surface area (Å²) < 4.78 is 33.2. The van der Waals surface area contributed by atoms with E-state index in [4.69, 9.17) is 18.5 Å². The zero-order valence-electron chi connectivity index (χ0n) is 29.3. The second-order valence-corrected chi connectivity index (χ2v) is 14.5. The van der Waals surface area contributed by atoms with Crippen LogP contribution in [0.1, 0.15) is 149 Å². The number of phosphoric ester groups is 1. The van der Waals surface area contributed by atoms with E-state index in [2.05, 4.69) is 13.8 Å². The molecule has 6 unspecified atom stereocenters. The number of ether oxygens (including phenoxy) is 2. The molecule has 13 nitrogen and oxygen atoms in total. The van der Waals surface area contributed by atoms with Crippen molar-refractivity contribution in [2.45, 2.75) is 191 Å². The van der Waals surface area contributed by atoms with Gasteiger partial charge in [-0.15, -0.1) is 0 Å². The average Bonchev–Trinajstić information content (AvgIpc) is 3.06. The topological polar surface area (TPSA) is 210 Å². The molecule has 0 aromatic rings. The lowest BCUT2D eigenvalue weighted by Gasteiger charge is -2.41. The van der Waals surface area contributed by atoms with Crippen molar-refractivity contribution in [3.63, 3.8) is 0 Å². The Balaban J connectivity index is 2.58. The van der Waals surface area contributed by atoms with Gasteiger partial charge in [-0.05, 0) is 12.8 Å². The Morgan fingerprint density at radius 3 is 1.38 bits per heavy atom. The van der Waals surface area contributed by atoms with Gasteiger partial charge in [-0.1, -0.05) is 123 Å². The van der Waals surface area contributed by atoms with Gasteiger partial charge in [-0.3, -0.25) is 18.6 Å². The van der Waals surface area contributed by atoms with Crippen LogP contribution in [0, 0.1) is 0 Å². The zero-order valence-corrected chi connectivity index (χ0v) is 30.2. The molecule has 0 aromatic heterocycles. The molecule has 0 amide bonds. The van der Waals surface area contributed by atoms with Crippen molar-refractivity contribution in [3.05, 3.63) is 0 Å². The predicted octanol–water partition coefficient (Wildman–Crippen LogP) is 4.99. The Morgan fingerprint density at radius 2 is 0.938 bits per heavy atom. The minimum Gasteiger partial charge on any atom is -0.462 e. The summed E-state index contributed by atoms with van der Waals surface area (Å²) in [5, 5.41) is 49.8. The number of rotatable bonds is 29. The molecule has 0 saturated heterocycles. The fourth-order valence-corrected chi connectivity index (χ4v) is 6.61. The molecule has 0 aliphatic heterocycles. The monoisotopic (exact) mass is 712 g/mol. The number of hydrogen-bond donors (Lipinski definition) is 6. The number of hydrogen-bond acceptors (Lipinski definition) is 12. The van der Waals surface area contributed by atoms with Crippen molar-refractivity contribution in [1.82, 2.24) is 0 Å². The molecule has 1 rings (SSSR count). The van der Waals surface area contributed by atoms with Crippen molar-refractivity contribution < 1.29 is 63.1 Å². The van der Waals surface area contributed by atoms with E-state index in [-0.39, 0.29) is 12.8 Å². The summed E-state index contributed by atoms with van der Waals surface area (Å²) in [5.41, 5.74) is 0. The number of phosphoric acid groups is 1. The van der Waals surface area contributed by atoms with E-state index in [0.717, 1.165) is 44.9 Å². The first-order valence-electron chi connectivity index (χ1n) is 18.3. The first-order chi connectivity index (χ1) is 22.9. The first kappa shape index (κ1) is 44.9. The average molecular weight is 713 g/mol. The van der Waals surface area contributed by atoms with Gasteiger partial charge in [-0.25, -0.2) is 4.57 Å². The van der Waals surface area contributed by atoms with E-state index in [9.17, 15) is 44.6 Å². The van der Waals surface area contributed by atoms with E-state index in [1.54, 1.807) is 0 Å². The number of carbonyl (C=O) groups excluding carboxylic acids is 2. The van der Waals surface area contributed by atoms with Crippen LogP contribution in [0.15, 0.2) is 0 Å².